The van der Waals surface area contributed by atoms with Gasteiger partial charge in [0.05, 0.1) is 5.56 Å². The fourth-order valence-corrected chi connectivity index (χ4v) is 3.94. The zero-order valence-corrected chi connectivity index (χ0v) is 13.3. The van der Waals surface area contributed by atoms with Gasteiger partial charge in [0, 0.05) is 17.5 Å². The summed E-state index contributed by atoms with van der Waals surface area (Å²) in [6.45, 7) is 0.421. The lowest BCUT2D eigenvalue weighted by Gasteiger charge is -2.19. The molecule has 1 heterocycles. The summed E-state index contributed by atoms with van der Waals surface area (Å²) in [5.74, 6) is 0. The van der Waals surface area contributed by atoms with Crippen LogP contribution in [0.1, 0.15) is 34.9 Å². The maximum Gasteiger partial charge on any atom is 0.338 e. The number of amides is 1. The van der Waals surface area contributed by atoms with Gasteiger partial charge < -0.3 is 10.6 Å². The molecule has 3 rings (SSSR count). The molecule has 0 bridgehead atoms. The number of nitrogens with zero attached hydrogens (tertiary/aromatic N) is 1. The van der Waals surface area contributed by atoms with Gasteiger partial charge in [-0.15, -0.1) is 0 Å². The summed E-state index contributed by atoms with van der Waals surface area (Å²) in [5.41, 5.74) is 1.61. The number of aryl methyl sites for hydroxylation is 1. The molecule has 1 atom stereocenters. The SMILES string of the molecule is CN[C@@H]1CCCc2sn(C(=O)NCc3ccccc3)c(=O)c21. The van der Waals surface area contributed by atoms with Gasteiger partial charge in [-0.2, -0.15) is 3.96 Å². The van der Waals surface area contributed by atoms with E-state index in [1.54, 1.807) is 0 Å². The third-order valence-corrected chi connectivity index (χ3v) is 5.14. The molecular formula is C16H19N3O2S. The lowest BCUT2D eigenvalue weighted by molar-refractivity contribution is 0.243. The van der Waals surface area contributed by atoms with Crippen LogP contribution in [0.2, 0.25) is 0 Å². The molecule has 0 aliphatic heterocycles. The van der Waals surface area contributed by atoms with Crippen molar-refractivity contribution in [1.29, 1.82) is 0 Å². The lowest BCUT2D eigenvalue weighted by atomic mass is 9.94. The normalized spacial score (nSPS) is 17.0. The molecule has 0 radical (unpaired) electrons. The lowest BCUT2D eigenvalue weighted by Crippen LogP contribution is -2.35. The molecule has 6 heteroatoms. The Kier molecular flexibility index (Phi) is 4.40. The summed E-state index contributed by atoms with van der Waals surface area (Å²) in [6.07, 6.45) is 2.87. The van der Waals surface area contributed by atoms with E-state index in [1.165, 1.54) is 15.5 Å². The average Bonchev–Trinajstić information content (AvgIpc) is 2.91. The van der Waals surface area contributed by atoms with Crippen molar-refractivity contribution in [3.8, 4) is 0 Å². The highest BCUT2D eigenvalue weighted by molar-refractivity contribution is 7.07. The van der Waals surface area contributed by atoms with Crippen LogP contribution >= 0.6 is 11.5 Å². The third kappa shape index (κ3) is 2.84. The van der Waals surface area contributed by atoms with Crippen LogP contribution in [-0.2, 0) is 13.0 Å². The Hall–Kier alpha value is -1.92. The first kappa shape index (κ1) is 15.0. The van der Waals surface area contributed by atoms with Crippen LogP contribution < -0.4 is 16.2 Å². The van der Waals surface area contributed by atoms with E-state index < -0.39 is 0 Å². The van der Waals surface area contributed by atoms with Gasteiger partial charge in [0.1, 0.15) is 0 Å². The first-order valence-electron chi connectivity index (χ1n) is 7.45. The highest BCUT2D eigenvalue weighted by Crippen LogP contribution is 2.29. The standard InChI is InChI=1S/C16H19N3O2S/c1-17-12-8-5-9-13-14(12)15(20)19(22-13)16(21)18-10-11-6-3-2-4-7-11/h2-4,6-7,12,17H,5,8-10H2,1H3,(H,18,21)/t12-/m1/s1. The van der Waals surface area contributed by atoms with E-state index in [0.717, 1.165) is 35.3 Å². The van der Waals surface area contributed by atoms with Crippen LogP contribution in [0.25, 0.3) is 0 Å². The Morgan fingerprint density at radius 1 is 1.36 bits per heavy atom. The van der Waals surface area contributed by atoms with Gasteiger partial charge >= 0.3 is 6.03 Å². The number of carbonyl (C=O) groups is 1. The van der Waals surface area contributed by atoms with Crippen LogP contribution in [0.3, 0.4) is 0 Å². The molecule has 0 spiro atoms. The molecule has 1 aromatic heterocycles. The molecule has 1 aromatic carbocycles. The molecule has 1 amide bonds. The van der Waals surface area contributed by atoms with Gasteiger partial charge in [0.2, 0.25) is 0 Å². The van der Waals surface area contributed by atoms with Crippen molar-refractivity contribution < 1.29 is 4.79 Å². The molecule has 116 valence electrons. The van der Waals surface area contributed by atoms with Crippen molar-refractivity contribution >= 4 is 17.6 Å². The summed E-state index contributed by atoms with van der Waals surface area (Å²) in [5, 5.41) is 5.98. The number of hydrogen-bond acceptors (Lipinski definition) is 4. The van der Waals surface area contributed by atoms with Gasteiger partial charge in [0.25, 0.3) is 5.56 Å². The zero-order valence-electron chi connectivity index (χ0n) is 12.5. The number of aromatic nitrogens is 1. The van der Waals surface area contributed by atoms with E-state index in [4.69, 9.17) is 0 Å². The molecule has 0 unspecified atom stereocenters. The summed E-state index contributed by atoms with van der Waals surface area (Å²) < 4.78 is 1.25. The van der Waals surface area contributed by atoms with Crippen molar-refractivity contribution in [2.75, 3.05) is 7.05 Å². The van der Waals surface area contributed by atoms with E-state index in [2.05, 4.69) is 10.6 Å². The van der Waals surface area contributed by atoms with Gasteiger partial charge in [-0.25, -0.2) is 4.79 Å². The quantitative estimate of drug-likeness (QED) is 0.913. The summed E-state index contributed by atoms with van der Waals surface area (Å²) in [6, 6.07) is 9.39. The topological polar surface area (TPSA) is 63.1 Å². The minimum atomic E-state index is -0.344. The largest absolute Gasteiger partial charge is 0.338 e. The van der Waals surface area contributed by atoms with Crippen LogP contribution in [0, 0.1) is 0 Å². The average molecular weight is 317 g/mol. The number of benzene rings is 1. The molecular weight excluding hydrogens is 298 g/mol. The van der Waals surface area contributed by atoms with Crippen molar-refractivity contribution in [3.05, 3.63) is 56.7 Å². The predicted octanol–water partition coefficient (Wildman–Crippen LogP) is 2.26. The number of fused-ring (bicyclic) bond motifs is 1. The monoisotopic (exact) mass is 317 g/mol. The zero-order chi connectivity index (χ0) is 15.5. The van der Waals surface area contributed by atoms with E-state index in [1.807, 2.05) is 37.4 Å². The molecule has 0 fully saturated rings. The van der Waals surface area contributed by atoms with Crippen LogP contribution in [-0.4, -0.2) is 17.0 Å². The van der Waals surface area contributed by atoms with Crippen molar-refractivity contribution in [2.24, 2.45) is 0 Å². The second kappa shape index (κ2) is 6.46. The van der Waals surface area contributed by atoms with Crippen molar-refractivity contribution in [1.82, 2.24) is 14.6 Å². The first-order chi connectivity index (χ1) is 10.7. The Morgan fingerprint density at radius 2 is 2.14 bits per heavy atom. The molecule has 0 saturated heterocycles. The third-order valence-electron chi connectivity index (χ3n) is 3.98. The van der Waals surface area contributed by atoms with Crippen LogP contribution in [0.5, 0.6) is 0 Å². The van der Waals surface area contributed by atoms with Crippen molar-refractivity contribution in [3.63, 3.8) is 0 Å². The number of nitrogens with one attached hydrogen (secondary N) is 2. The minimum absolute atomic E-state index is 0.0654. The number of carbonyl (C=O) groups excluding carboxylic acids is 1. The Labute approximate surface area is 133 Å². The summed E-state index contributed by atoms with van der Waals surface area (Å²) in [7, 11) is 1.86. The fourth-order valence-electron chi connectivity index (χ4n) is 2.83. The number of rotatable bonds is 3. The van der Waals surface area contributed by atoms with E-state index in [0.29, 0.717) is 6.54 Å². The van der Waals surface area contributed by atoms with Crippen molar-refractivity contribution in [2.45, 2.75) is 31.8 Å². The molecule has 1 aliphatic rings. The predicted molar refractivity (Wildman–Crippen MR) is 87.4 cm³/mol. The molecule has 0 saturated carbocycles. The fraction of sp³-hybridized carbons (Fsp3) is 0.375. The first-order valence-corrected chi connectivity index (χ1v) is 8.22. The minimum Gasteiger partial charge on any atom is -0.333 e. The van der Waals surface area contributed by atoms with E-state index >= 15 is 0 Å². The Morgan fingerprint density at radius 3 is 2.86 bits per heavy atom. The van der Waals surface area contributed by atoms with E-state index in [-0.39, 0.29) is 17.6 Å². The maximum atomic E-state index is 12.5. The van der Waals surface area contributed by atoms with Crippen LogP contribution in [0.15, 0.2) is 35.1 Å². The summed E-state index contributed by atoms with van der Waals surface area (Å²) >= 11 is 1.28. The van der Waals surface area contributed by atoms with Gasteiger partial charge in [-0.1, -0.05) is 41.9 Å². The van der Waals surface area contributed by atoms with E-state index in [9.17, 15) is 9.59 Å². The molecule has 1 aliphatic carbocycles. The second-order valence-corrected chi connectivity index (χ2v) is 6.45. The smallest absolute Gasteiger partial charge is 0.333 e. The highest BCUT2D eigenvalue weighted by Gasteiger charge is 2.27. The Bertz CT molecular complexity index is 721. The van der Waals surface area contributed by atoms with Gasteiger partial charge in [0.15, 0.2) is 0 Å². The number of hydrogen-bond donors (Lipinski definition) is 2. The summed E-state index contributed by atoms with van der Waals surface area (Å²) in [4.78, 5) is 25.8. The maximum absolute atomic E-state index is 12.5. The molecule has 2 aromatic rings. The molecule has 22 heavy (non-hydrogen) atoms. The van der Waals surface area contributed by atoms with Crippen LogP contribution in [0.4, 0.5) is 4.79 Å². The van der Waals surface area contributed by atoms with Gasteiger partial charge in [-0.3, -0.25) is 4.79 Å². The highest BCUT2D eigenvalue weighted by atomic mass is 32.1. The van der Waals surface area contributed by atoms with Gasteiger partial charge in [-0.05, 0) is 31.9 Å². The molecule has 2 N–H and O–H groups in total. The Balaban J connectivity index is 1.79. The second-order valence-electron chi connectivity index (χ2n) is 5.41. The molecule has 5 nitrogen and oxygen atoms in total.